The van der Waals surface area contributed by atoms with E-state index >= 15 is 0 Å². The second-order valence-electron chi connectivity index (χ2n) is 10.1. The third-order valence-electron chi connectivity index (χ3n) is 6.40. The molecule has 0 rings (SSSR count). The highest BCUT2D eigenvalue weighted by Gasteiger charge is 2.36. The van der Waals surface area contributed by atoms with Gasteiger partial charge in [0.2, 0.25) is 0 Å². The zero-order valence-electron chi connectivity index (χ0n) is 20.1. The number of carbonyl (C=O) groups excluding carboxylic acids is 2. The molecule has 0 aromatic heterocycles. The molecule has 2 nitrogen and oxygen atoms in total. The molecule has 0 heterocycles. The van der Waals surface area contributed by atoms with Crippen molar-refractivity contribution in [1.29, 1.82) is 0 Å². The molecule has 0 amide bonds. The number of hydrogen-bond donors (Lipinski definition) is 0. The Morgan fingerprint density at radius 1 is 0.500 bits per heavy atom. The summed E-state index contributed by atoms with van der Waals surface area (Å²) in [5.41, 5.74) is 0. The van der Waals surface area contributed by atoms with Gasteiger partial charge in [0.25, 0.3) is 0 Å². The summed E-state index contributed by atoms with van der Waals surface area (Å²) in [6.07, 6.45) is 16.4. The number of unbranched alkanes of at least 4 members (excludes halogenated alkanes) is 10. The average Bonchev–Trinajstić information content (AvgIpc) is 2.65. The van der Waals surface area contributed by atoms with Crippen LogP contribution in [0, 0.1) is 0 Å². The molecule has 0 aromatic carbocycles. The van der Waals surface area contributed by atoms with E-state index in [1.54, 1.807) is 0 Å². The van der Waals surface area contributed by atoms with Crippen molar-refractivity contribution in [2.24, 2.45) is 0 Å². The van der Waals surface area contributed by atoms with Crippen LogP contribution in [0.15, 0.2) is 0 Å². The Hall–Kier alpha value is -0.226. The minimum Gasteiger partial charge on any atom is -0.305 e. The predicted octanol–water partition coefficient (Wildman–Crippen LogP) is 8.12. The summed E-state index contributed by atoms with van der Waals surface area (Å²) in [5.74, 6) is 0. The Balaban J connectivity index is 4.15. The Labute approximate surface area is 178 Å². The quantitative estimate of drug-likeness (QED) is 0.154. The molecule has 0 N–H and O–H groups in total. The first-order valence-electron chi connectivity index (χ1n) is 12.2. The molecule has 0 aliphatic rings. The highest BCUT2D eigenvalue weighted by molar-refractivity contribution is 7.08. The lowest BCUT2D eigenvalue weighted by Gasteiger charge is -2.27. The van der Waals surface area contributed by atoms with Crippen LogP contribution in [0.5, 0.6) is 0 Å². The molecule has 0 atom stereocenters. The van der Waals surface area contributed by atoms with Gasteiger partial charge in [-0.15, -0.1) is 0 Å². The van der Waals surface area contributed by atoms with Crippen molar-refractivity contribution in [3.8, 4) is 0 Å². The van der Waals surface area contributed by atoms with Gasteiger partial charge >= 0.3 is 0 Å². The first kappa shape index (κ1) is 27.8. The summed E-state index contributed by atoms with van der Waals surface area (Å²) in [5, 5.41) is 1.08. The van der Waals surface area contributed by atoms with Crippen molar-refractivity contribution >= 4 is 27.0 Å². The number of rotatable bonds is 19. The monoisotopic (exact) mass is 426 g/mol. The largest absolute Gasteiger partial charge is 0.305 e. The van der Waals surface area contributed by atoms with E-state index < -0.39 is 16.1 Å². The first-order valence-corrected chi connectivity index (χ1v) is 18.7. The smallest absolute Gasteiger partial charge is 0.126 e. The minimum atomic E-state index is -1.85. The first-order chi connectivity index (χ1) is 13.2. The van der Waals surface area contributed by atoms with Gasteiger partial charge in [-0.1, -0.05) is 116 Å². The molecule has 0 spiro atoms. The molecule has 0 unspecified atom stereocenters. The summed E-state index contributed by atoms with van der Waals surface area (Å²) < 4.78 is 0. The predicted molar refractivity (Wildman–Crippen MR) is 131 cm³/mol. The Kier molecular flexibility index (Phi) is 15.5. The maximum Gasteiger partial charge on any atom is 0.126 e. The van der Waals surface area contributed by atoms with E-state index in [9.17, 15) is 9.59 Å². The van der Waals surface area contributed by atoms with Crippen molar-refractivity contribution in [3.63, 3.8) is 0 Å². The summed E-state index contributed by atoms with van der Waals surface area (Å²) in [4.78, 5) is 25.5. The normalized spacial score (nSPS) is 12.4. The van der Waals surface area contributed by atoms with Crippen molar-refractivity contribution in [2.75, 3.05) is 0 Å². The van der Waals surface area contributed by atoms with Gasteiger partial charge in [-0.05, 0) is 12.8 Å². The summed E-state index contributed by atoms with van der Waals surface area (Å²) in [7, 11) is -3.69. The molecule has 0 radical (unpaired) electrons. The fourth-order valence-electron chi connectivity index (χ4n) is 3.71. The zero-order chi connectivity index (χ0) is 21.5. The van der Waals surface area contributed by atoms with E-state index in [2.05, 4.69) is 40.0 Å². The third-order valence-corrected chi connectivity index (χ3v) is 13.4. The molecule has 28 heavy (non-hydrogen) atoms. The van der Waals surface area contributed by atoms with Crippen molar-refractivity contribution in [1.82, 2.24) is 0 Å². The molecule has 0 saturated heterocycles. The Morgan fingerprint density at radius 3 is 1.11 bits per heavy atom. The van der Waals surface area contributed by atoms with E-state index in [0.29, 0.717) is 10.8 Å². The van der Waals surface area contributed by atoms with E-state index in [1.165, 1.54) is 64.2 Å². The van der Waals surface area contributed by atoms with Crippen LogP contribution < -0.4 is 0 Å². The van der Waals surface area contributed by atoms with Crippen LogP contribution in [-0.4, -0.2) is 27.0 Å². The molecule has 0 fully saturated rings. The van der Waals surface area contributed by atoms with E-state index in [1.807, 2.05) is 0 Å². The van der Waals surface area contributed by atoms with Gasteiger partial charge in [-0.25, -0.2) is 0 Å². The highest BCUT2D eigenvalue weighted by atomic mass is 28.3. The third kappa shape index (κ3) is 13.1. The van der Waals surface area contributed by atoms with Gasteiger partial charge in [-0.2, -0.15) is 0 Å². The molecule has 0 aliphatic heterocycles. The van der Waals surface area contributed by atoms with Crippen LogP contribution in [0.4, 0.5) is 0 Å². The topological polar surface area (TPSA) is 34.1 Å². The molecular formula is C24H50O2Si2. The lowest BCUT2D eigenvalue weighted by atomic mass is 10.1. The summed E-state index contributed by atoms with van der Waals surface area (Å²) >= 11 is 0. The SMILES string of the molecule is CCCCCCCCC(=O)[Si](C)(C)CC[Si](C)(C)C(=O)CCCCCCCC. The standard InChI is InChI=1S/C24H50O2Si2/c1-7-9-11-13-15-17-19-23(25)27(3,4)21-22-28(5,6)24(26)20-18-16-14-12-10-8-2/h7-22H2,1-6H3. The van der Waals surface area contributed by atoms with Crippen LogP contribution in [0.3, 0.4) is 0 Å². The van der Waals surface area contributed by atoms with Gasteiger partial charge in [0.15, 0.2) is 0 Å². The molecule has 4 heteroatoms. The van der Waals surface area contributed by atoms with Gasteiger partial charge in [0, 0.05) is 12.8 Å². The van der Waals surface area contributed by atoms with Gasteiger partial charge in [0.05, 0.1) is 0 Å². The average molecular weight is 427 g/mol. The van der Waals surface area contributed by atoms with E-state index in [0.717, 1.165) is 37.8 Å². The van der Waals surface area contributed by atoms with Gasteiger partial charge < -0.3 is 9.59 Å². The minimum absolute atomic E-state index is 0.538. The van der Waals surface area contributed by atoms with Gasteiger partial charge in [0.1, 0.15) is 27.0 Å². The molecular weight excluding hydrogens is 376 g/mol. The molecule has 0 aromatic rings. The Morgan fingerprint density at radius 2 is 0.786 bits per heavy atom. The van der Waals surface area contributed by atoms with E-state index in [4.69, 9.17) is 0 Å². The lowest BCUT2D eigenvalue weighted by Crippen LogP contribution is -2.43. The molecule has 0 saturated carbocycles. The second kappa shape index (κ2) is 15.6. The van der Waals surface area contributed by atoms with Crippen LogP contribution in [0.25, 0.3) is 0 Å². The molecule has 0 bridgehead atoms. The number of hydrogen-bond acceptors (Lipinski definition) is 2. The fourth-order valence-corrected chi connectivity index (χ4v) is 11.0. The molecule has 166 valence electrons. The van der Waals surface area contributed by atoms with Gasteiger partial charge in [-0.3, -0.25) is 0 Å². The highest BCUT2D eigenvalue weighted by Crippen LogP contribution is 2.25. The van der Waals surface area contributed by atoms with Crippen LogP contribution in [-0.2, 0) is 9.59 Å². The molecule has 0 aliphatic carbocycles. The zero-order valence-corrected chi connectivity index (χ0v) is 22.1. The van der Waals surface area contributed by atoms with Crippen LogP contribution in [0.1, 0.15) is 104 Å². The lowest BCUT2D eigenvalue weighted by molar-refractivity contribution is -0.113. The number of carbonyl (C=O) groups is 2. The second-order valence-corrected chi connectivity index (χ2v) is 19.8. The van der Waals surface area contributed by atoms with Crippen LogP contribution >= 0.6 is 0 Å². The van der Waals surface area contributed by atoms with Crippen molar-refractivity contribution < 1.29 is 9.59 Å². The maximum absolute atomic E-state index is 12.7. The van der Waals surface area contributed by atoms with Crippen molar-refractivity contribution in [2.45, 2.75) is 142 Å². The maximum atomic E-state index is 12.7. The van der Waals surface area contributed by atoms with E-state index in [-0.39, 0.29) is 0 Å². The fraction of sp³-hybridized carbons (Fsp3) is 0.917. The summed E-state index contributed by atoms with van der Waals surface area (Å²) in [6.45, 7) is 13.4. The van der Waals surface area contributed by atoms with Crippen molar-refractivity contribution in [3.05, 3.63) is 0 Å². The van der Waals surface area contributed by atoms with Crippen LogP contribution in [0.2, 0.25) is 38.3 Å². The Bertz CT molecular complexity index is 390. The summed E-state index contributed by atoms with van der Waals surface area (Å²) in [6, 6.07) is 2.03.